The van der Waals surface area contributed by atoms with Gasteiger partial charge >= 0.3 is 0 Å². The SMILES string of the molecule is Cc1cccc(C(C)C)c1NC(=O)Cc1c(C)[nH]c2ccc(F)cc12. The van der Waals surface area contributed by atoms with Crippen LogP contribution in [-0.4, -0.2) is 10.9 Å². The van der Waals surface area contributed by atoms with Crippen molar-refractivity contribution in [3.05, 3.63) is 64.6 Å². The van der Waals surface area contributed by atoms with E-state index in [1.54, 1.807) is 6.07 Å². The molecule has 1 heterocycles. The minimum atomic E-state index is -0.297. The summed E-state index contributed by atoms with van der Waals surface area (Å²) < 4.78 is 13.6. The Kier molecular flexibility index (Phi) is 4.62. The average molecular weight is 338 g/mol. The van der Waals surface area contributed by atoms with Crippen molar-refractivity contribution in [1.82, 2.24) is 4.98 Å². The molecule has 2 aromatic carbocycles. The van der Waals surface area contributed by atoms with Gasteiger partial charge in [-0.25, -0.2) is 4.39 Å². The molecule has 0 spiro atoms. The van der Waals surface area contributed by atoms with Gasteiger partial charge in [-0.1, -0.05) is 32.0 Å². The van der Waals surface area contributed by atoms with Gasteiger partial charge in [0.1, 0.15) is 5.82 Å². The maximum atomic E-state index is 13.6. The smallest absolute Gasteiger partial charge is 0.228 e. The highest BCUT2D eigenvalue weighted by molar-refractivity contribution is 5.97. The monoisotopic (exact) mass is 338 g/mol. The third-order valence-corrected chi connectivity index (χ3v) is 4.61. The van der Waals surface area contributed by atoms with E-state index >= 15 is 0 Å². The number of amides is 1. The summed E-state index contributed by atoms with van der Waals surface area (Å²) in [5.41, 5.74) is 5.62. The molecule has 0 aliphatic carbocycles. The summed E-state index contributed by atoms with van der Waals surface area (Å²) in [6.07, 6.45) is 0.209. The first kappa shape index (κ1) is 17.2. The zero-order valence-corrected chi connectivity index (χ0v) is 15.0. The summed E-state index contributed by atoms with van der Waals surface area (Å²) in [6, 6.07) is 10.6. The van der Waals surface area contributed by atoms with E-state index in [4.69, 9.17) is 0 Å². The van der Waals surface area contributed by atoms with Crippen molar-refractivity contribution in [2.24, 2.45) is 0 Å². The van der Waals surface area contributed by atoms with E-state index in [9.17, 15) is 9.18 Å². The summed E-state index contributed by atoms with van der Waals surface area (Å²) in [7, 11) is 0. The van der Waals surface area contributed by atoms with E-state index < -0.39 is 0 Å². The summed E-state index contributed by atoms with van der Waals surface area (Å²) in [5, 5.41) is 3.82. The van der Waals surface area contributed by atoms with Crippen LogP contribution in [0.2, 0.25) is 0 Å². The van der Waals surface area contributed by atoms with Crippen LogP contribution in [0.4, 0.5) is 10.1 Å². The second-order valence-electron chi connectivity index (χ2n) is 6.84. The quantitative estimate of drug-likeness (QED) is 0.672. The molecule has 1 aromatic heterocycles. The van der Waals surface area contributed by atoms with E-state index in [-0.39, 0.29) is 18.1 Å². The number of nitrogens with one attached hydrogen (secondary N) is 2. The highest BCUT2D eigenvalue weighted by atomic mass is 19.1. The molecule has 4 heteroatoms. The number of aromatic nitrogens is 1. The summed E-state index contributed by atoms with van der Waals surface area (Å²) in [5.74, 6) is -0.0715. The third-order valence-electron chi connectivity index (χ3n) is 4.61. The van der Waals surface area contributed by atoms with Crippen LogP contribution in [0.25, 0.3) is 10.9 Å². The van der Waals surface area contributed by atoms with Gasteiger partial charge in [-0.05, 0) is 54.7 Å². The van der Waals surface area contributed by atoms with Crippen molar-refractivity contribution in [2.45, 2.75) is 40.0 Å². The molecule has 0 aliphatic heterocycles. The van der Waals surface area contributed by atoms with Crippen LogP contribution in [0, 0.1) is 19.7 Å². The van der Waals surface area contributed by atoms with E-state index in [1.165, 1.54) is 12.1 Å². The second-order valence-corrected chi connectivity index (χ2v) is 6.84. The van der Waals surface area contributed by atoms with E-state index in [0.717, 1.165) is 39.0 Å². The first-order chi connectivity index (χ1) is 11.9. The Labute approximate surface area is 147 Å². The van der Waals surface area contributed by atoms with Crippen LogP contribution in [-0.2, 0) is 11.2 Å². The average Bonchev–Trinajstić information content (AvgIpc) is 2.84. The number of hydrogen-bond acceptors (Lipinski definition) is 1. The van der Waals surface area contributed by atoms with Crippen molar-refractivity contribution >= 4 is 22.5 Å². The van der Waals surface area contributed by atoms with Crippen molar-refractivity contribution in [3.63, 3.8) is 0 Å². The van der Waals surface area contributed by atoms with Crippen molar-refractivity contribution < 1.29 is 9.18 Å². The van der Waals surface area contributed by atoms with Gasteiger partial charge in [0.2, 0.25) is 5.91 Å². The molecule has 3 nitrogen and oxygen atoms in total. The molecule has 0 bridgehead atoms. The number of aryl methyl sites for hydroxylation is 2. The number of para-hydroxylation sites is 1. The van der Waals surface area contributed by atoms with Gasteiger partial charge in [-0.2, -0.15) is 0 Å². The number of carbonyl (C=O) groups excluding carboxylic acids is 1. The molecular weight excluding hydrogens is 315 g/mol. The molecule has 3 aromatic rings. The first-order valence-corrected chi connectivity index (χ1v) is 8.53. The van der Waals surface area contributed by atoms with Crippen molar-refractivity contribution in [3.8, 4) is 0 Å². The number of fused-ring (bicyclic) bond motifs is 1. The molecule has 1 amide bonds. The Morgan fingerprint density at radius 2 is 1.96 bits per heavy atom. The number of halogens is 1. The fraction of sp³-hybridized carbons (Fsp3) is 0.286. The van der Waals surface area contributed by atoms with E-state index in [2.05, 4.69) is 24.1 Å². The Hall–Kier alpha value is -2.62. The summed E-state index contributed by atoms with van der Waals surface area (Å²) in [6.45, 7) is 8.12. The van der Waals surface area contributed by atoms with Gasteiger partial charge in [0.15, 0.2) is 0 Å². The normalized spacial score (nSPS) is 11.3. The Balaban J connectivity index is 1.90. The van der Waals surface area contributed by atoms with E-state index in [0.29, 0.717) is 5.92 Å². The molecule has 0 atom stereocenters. The molecule has 0 saturated heterocycles. The summed E-state index contributed by atoms with van der Waals surface area (Å²) >= 11 is 0. The predicted molar refractivity (Wildman–Crippen MR) is 101 cm³/mol. The third kappa shape index (κ3) is 3.43. The Morgan fingerprint density at radius 3 is 2.68 bits per heavy atom. The minimum absolute atomic E-state index is 0.0931. The van der Waals surface area contributed by atoms with Gasteiger partial charge in [0.05, 0.1) is 6.42 Å². The summed E-state index contributed by atoms with van der Waals surface area (Å²) in [4.78, 5) is 15.9. The lowest BCUT2D eigenvalue weighted by Crippen LogP contribution is -2.17. The lowest BCUT2D eigenvalue weighted by Gasteiger charge is -2.16. The molecule has 0 radical (unpaired) electrons. The molecule has 2 N–H and O–H groups in total. The number of hydrogen-bond donors (Lipinski definition) is 2. The van der Waals surface area contributed by atoms with Crippen LogP contribution in [0.3, 0.4) is 0 Å². The Morgan fingerprint density at radius 1 is 1.20 bits per heavy atom. The molecular formula is C21H23FN2O. The van der Waals surface area contributed by atoms with Crippen molar-refractivity contribution in [1.29, 1.82) is 0 Å². The maximum absolute atomic E-state index is 13.6. The predicted octanol–water partition coefficient (Wildman–Crippen LogP) is 5.23. The minimum Gasteiger partial charge on any atom is -0.358 e. The van der Waals surface area contributed by atoms with Crippen LogP contribution >= 0.6 is 0 Å². The van der Waals surface area contributed by atoms with Crippen LogP contribution in [0.15, 0.2) is 36.4 Å². The van der Waals surface area contributed by atoms with Crippen LogP contribution in [0.5, 0.6) is 0 Å². The zero-order valence-electron chi connectivity index (χ0n) is 15.0. The van der Waals surface area contributed by atoms with Gasteiger partial charge in [-0.15, -0.1) is 0 Å². The number of rotatable bonds is 4. The Bertz CT molecular complexity index is 940. The van der Waals surface area contributed by atoms with Gasteiger partial charge < -0.3 is 10.3 Å². The molecule has 25 heavy (non-hydrogen) atoms. The van der Waals surface area contributed by atoms with Gasteiger partial charge in [0, 0.05) is 22.3 Å². The first-order valence-electron chi connectivity index (χ1n) is 8.53. The molecule has 130 valence electrons. The van der Waals surface area contributed by atoms with Crippen LogP contribution in [0.1, 0.15) is 42.1 Å². The second kappa shape index (κ2) is 6.71. The zero-order chi connectivity index (χ0) is 18.1. The maximum Gasteiger partial charge on any atom is 0.228 e. The van der Waals surface area contributed by atoms with E-state index in [1.807, 2.05) is 32.0 Å². The van der Waals surface area contributed by atoms with Gasteiger partial charge in [0.25, 0.3) is 0 Å². The number of benzene rings is 2. The molecule has 3 rings (SSSR count). The fourth-order valence-electron chi connectivity index (χ4n) is 3.27. The standard InChI is InChI=1S/C21H23FN2O/c1-12(2)16-7-5-6-13(3)21(16)24-20(25)11-17-14(4)23-19-9-8-15(22)10-18(17)19/h5-10,12,23H,11H2,1-4H3,(H,24,25). The molecule has 0 aliphatic rings. The lowest BCUT2D eigenvalue weighted by atomic mass is 9.98. The van der Waals surface area contributed by atoms with Crippen molar-refractivity contribution in [2.75, 3.05) is 5.32 Å². The molecule has 0 saturated carbocycles. The largest absolute Gasteiger partial charge is 0.358 e. The highest BCUT2D eigenvalue weighted by Gasteiger charge is 2.16. The van der Waals surface area contributed by atoms with Crippen LogP contribution < -0.4 is 5.32 Å². The molecule has 0 unspecified atom stereocenters. The molecule has 0 fully saturated rings. The fourth-order valence-corrected chi connectivity index (χ4v) is 3.27. The number of H-pyrrole nitrogens is 1. The number of carbonyl (C=O) groups is 1. The van der Waals surface area contributed by atoms with Gasteiger partial charge in [-0.3, -0.25) is 4.79 Å². The lowest BCUT2D eigenvalue weighted by molar-refractivity contribution is -0.115. The number of anilines is 1. The number of aromatic amines is 1. The highest BCUT2D eigenvalue weighted by Crippen LogP contribution is 2.28. The topological polar surface area (TPSA) is 44.9 Å².